The maximum Gasteiger partial charge on any atom is 0.198 e. The second kappa shape index (κ2) is 5.96. The molecule has 0 amide bonds. The summed E-state index contributed by atoms with van der Waals surface area (Å²) in [6.07, 6.45) is 6.05. The molecule has 0 radical (unpaired) electrons. The van der Waals surface area contributed by atoms with Gasteiger partial charge >= 0.3 is 0 Å². The number of rotatable bonds is 3. The number of hydrogen-bond donors (Lipinski definition) is 2. The van der Waals surface area contributed by atoms with Gasteiger partial charge < -0.3 is 14.7 Å². The van der Waals surface area contributed by atoms with E-state index in [1.807, 2.05) is 0 Å². The molecule has 24 heavy (non-hydrogen) atoms. The number of carbonyl (C=O) groups excluding carboxylic acids is 1. The Kier molecular flexibility index (Phi) is 3.65. The lowest BCUT2D eigenvalue weighted by Gasteiger charge is -2.04. The van der Waals surface area contributed by atoms with Crippen LogP contribution in [0.2, 0.25) is 0 Å². The lowest BCUT2D eigenvalue weighted by molar-refractivity contribution is 0.103. The quantitative estimate of drug-likeness (QED) is 0.726. The van der Waals surface area contributed by atoms with Crippen LogP contribution in [0.3, 0.4) is 0 Å². The third kappa shape index (κ3) is 2.50. The summed E-state index contributed by atoms with van der Waals surface area (Å²) >= 11 is 0. The van der Waals surface area contributed by atoms with Crippen LogP contribution in [0.1, 0.15) is 41.0 Å². The van der Waals surface area contributed by atoms with Gasteiger partial charge in [-0.1, -0.05) is 18.6 Å². The van der Waals surface area contributed by atoms with Gasteiger partial charge in [0.25, 0.3) is 0 Å². The number of aromatic nitrogens is 4. The van der Waals surface area contributed by atoms with E-state index in [0.29, 0.717) is 11.1 Å². The van der Waals surface area contributed by atoms with E-state index in [2.05, 4.69) is 19.7 Å². The Morgan fingerprint density at radius 1 is 1.17 bits per heavy atom. The molecule has 0 atom stereocenters. The third-order valence-electron chi connectivity index (χ3n) is 4.44. The molecule has 0 saturated carbocycles. The topological polar surface area (TPSA) is 83.8 Å². The summed E-state index contributed by atoms with van der Waals surface area (Å²) < 4.78 is 2.13. The van der Waals surface area contributed by atoms with Crippen LogP contribution in [0.5, 0.6) is 5.75 Å². The highest BCUT2D eigenvalue weighted by atomic mass is 16.3. The van der Waals surface area contributed by atoms with Crippen molar-refractivity contribution in [2.45, 2.75) is 32.2 Å². The summed E-state index contributed by atoms with van der Waals surface area (Å²) in [5, 5.41) is 18.4. The van der Waals surface area contributed by atoms with Gasteiger partial charge in [-0.25, -0.2) is 0 Å². The molecule has 0 fully saturated rings. The predicted octanol–water partition coefficient (Wildman–Crippen LogP) is 2.94. The molecule has 6 nitrogen and oxygen atoms in total. The summed E-state index contributed by atoms with van der Waals surface area (Å²) in [6, 6.07) is 8.34. The first-order valence-electron chi connectivity index (χ1n) is 8.17. The standard InChI is InChI=1S/C18H18N4O2/c23-15-7-4-3-6-13(15)17(24)12-10-14(19-11-12)18-21-20-16-8-2-1-5-9-22(16)18/h3-4,6-7,10-11,19,23H,1-2,5,8-9H2. The van der Waals surface area contributed by atoms with Gasteiger partial charge in [0.1, 0.15) is 11.6 Å². The Morgan fingerprint density at radius 2 is 2.04 bits per heavy atom. The lowest BCUT2D eigenvalue weighted by Crippen LogP contribution is -2.03. The van der Waals surface area contributed by atoms with Crippen LogP contribution in [-0.4, -0.2) is 30.6 Å². The van der Waals surface area contributed by atoms with Gasteiger partial charge in [0.05, 0.1) is 11.3 Å². The minimum absolute atomic E-state index is 0.0124. The molecule has 0 spiro atoms. The zero-order valence-corrected chi connectivity index (χ0v) is 13.2. The van der Waals surface area contributed by atoms with Crippen molar-refractivity contribution in [3.05, 3.63) is 53.5 Å². The van der Waals surface area contributed by atoms with E-state index in [1.54, 1.807) is 30.5 Å². The van der Waals surface area contributed by atoms with Crippen molar-refractivity contribution in [3.8, 4) is 17.3 Å². The molecule has 0 aliphatic carbocycles. The first kappa shape index (κ1) is 14.7. The molecule has 0 bridgehead atoms. The van der Waals surface area contributed by atoms with E-state index in [1.165, 1.54) is 12.5 Å². The van der Waals surface area contributed by atoms with Gasteiger partial charge in [0, 0.05) is 24.7 Å². The number of hydrogen-bond acceptors (Lipinski definition) is 4. The minimum atomic E-state index is -0.216. The highest BCUT2D eigenvalue weighted by molar-refractivity contribution is 6.11. The minimum Gasteiger partial charge on any atom is -0.507 e. The number of aromatic hydroxyl groups is 1. The number of carbonyl (C=O) groups is 1. The Bertz CT molecular complexity index is 894. The Morgan fingerprint density at radius 3 is 2.92 bits per heavy atom. The van der Waals surface area contributed by atoms with E-state index in [0.717, 1.165) is 43.1 Å². The number of ketones is 1. The van der Waals surface area contributed by atoms with Gasteiger partial charge in [0.2, 0.25) is 0 Å². The molecular weight excluding hydrogens is 304 g/mol. The molecule has 122 valence electrons. The van der Waals surface area contributed by atoms with E-state index in [-0.39, 0.29) is 11.5 Å². The number of para-hydroxylation sites is 1. The van der Waals surface area contributed by atoms with Gasteiger partial charge in [-0.15, -0.1) is 10.2 Å². The van der Waals surface area contributed by atoms with Crippen LogP contribution >= 0.6 is 0 Å². The maximum atomic E-state index is 12.6. The van der Waals surface area contributed by atoms with Crippen LogP contribution in [0.15, 0.2) is 36.5 Å². The number of nitrogens with one attached hydrogen (secondary N) is 1. The molecule has 0 saturated heterocycles. The molecule has 3 heterocycles. The molecule has 1 aliphatic rings. The molecule has 1 aliphatic heterocycles. The average molecular weight is 322 g/mol. The van der Waals surface area contributed by atoms with Crippen molar-refractivity contribution < 1.29 is 9.90 Å². The lowest BCUT2D eigenvalue weighted by atomic mass is 10.0. The van der Waals surface area contributed by atoms with Crippen LogP contribution < -0.4 is 0 Å². The van der Waals surface area contributed by atoms with Gasteiger partial charge in [-0.05, 0) is 31.0 Å². The summed E-state index contributed by atoms with van der Waals surface area (Å²) in [7, 11) is 0. The molecule has 2 N–H and O–H groups in total. The third-order valence-corrected chi connectivity index (χ3v) is 4.44. The SMILES string of the molecule is O=C(c1c[nH]c(-c2nnc3n2CCCCC3)c1)c1ccccc1O. The molecule has 0 unspecified atom stereocenters. The normalized spacial score (nSPS) is 14.2. The molecule has 4 rings (SSSR count). The second-order valence-electron chi connectivity index (χ2n) is 6.05. The first-order chi connectivity index (χ1) is 11.7. The number of H-pyrrole nitrogens is 1. The fourth-order valence-electron chi connectivity index (χ4n) is 3.16. The molecule has 2 aromatic heterocycles. The van der Waals surface area contributed by atoms with Crippen molar-refractivity contribution in [3.63, 3.8) is 0 Å². The highest BCUT2D eigenvalue weighted by Gasteiger charge is 2.19. The predicted molar refractivity (Wildman–Crippen MR) is 88.9 cm³/mol. The van der Waals surface area contributed by atoms with E-state index in [9.17, 15) is 9.90 Å². The van der Waals surface area contributed by atoms with E-state index in [4.69, 9.17) is 0 Å². The van der Waals surface area contributed by atoms with Gasteiger partial charge in [-0.3, -0.25) is 4.79 Å². The number of aromatic amines is 1. The Balaban J connectivity index is 1.68. The number of fused-ring (bicyclic) bond motifs is 1. The summed E-state index contributed by atoms with van der Waals surface area (Å²) in [5.41, 5.74) is 1.56. The monoisotopic (exact) mass is 322 g/mol. The highest BCUT2D eigenvalue weighted by Crippen LogP contribution is 2.25. The average Bonchev–Trinajstić information content (AvgIpc) is 3.16. The summed E-state index contributed by atoms with van der Waals surface area (Å²) in [6.45, 7) is 0.902. The van der Waals surface area contributed by atoms with Crippen LogP contribution in [0, 0.1) is 0 Å². The van der Waals surface area contributed by atoms with Crippen LogP contribution in [0.4, 0.5) is 0 Å². The summed E-state index contributed by atoms with van der Waals surface area (Å²) in [4.78, 5) is 15.7. The van der Waals surface area contributed by atoms with Gasteiger partial charge in [0.15, 0.2) is 11.6 Å². The molecular formula is C18H18N4O2. The van der Waals surface area contributed by atoms with Crippen molar-refractivity contribution in [1.82, 2.24) is 19.7 Å². The number of phenolic OH excluding ortho intramolecular Hbond substituents is 1. The molecule has 3 aromatic rings. The Hall–Kier alpha value is -2.89. The Labute approximate surface area is 139 Å². The first-order valence-corrected chi connectivity index (χ1v) is 8.17. The van der Waals surface area contributed by atoms with Crippen molar-refractivity contribution in [2.75, 3.05) is 0 Å². The maximum absolute atomic E-state index is 12.6. The number of aryl methyl sites for hydroxylation is 1. The number of phenols is 1. The van der Waals surface area contributed by atoms with Crippen molar-refractivity contribution in [2.24, 2.45) is 0 Å². The smallest absolute Gasteiger partial charge is 0.198 e. The molecule has 6 heteroatoms. The fraction of sp³-hybridized carbons (Fsp3) is 0.278. The van der Waals surface area contributed by atoms with Crippen molar-refractivity contribution in [1.29, 1.82) is 0 Å². The van der Waals surface area contributed by atoms with E-state index < -0.39 is 0 Å². The summed E-state index contributed by atoms with van der Waals surface area (Å²) in [5.74, 6) is 1.54. The zero-order chi connectivity index (χ0) is 16.5. The number of nitrogens with zero attached hydrogens (tertiary/aromatic N) is 3. The largest absolute Gasteiger partial charge is 0.507 e. The van der Waals surface area contributed by atoms with E-state index >= 15 is 0 Å². The van der Waals surface area contributed by atoms with Crippen LogP contribution in [0.25, 0.3) is 11.5 Å². The number of benzene rings is 1. The molecule has 1 aromatic carbocycles. The zero-order valence-electron chi connectivity index (χ0n) is 13.2. The van der Waals surface area contributed by atoms with Crippen molar-refractivity contribution >= 4 is 5.78 Å². The van der Waals surface area contributed by atoms with Crippen LogP contribution in [-0.2, 0) is 13.0 Å². The van der Waals surface area contributed by atoms with Gasteiger partial charge in [-0.2, -0.15) is 0 Å². The fourth-order valence-corrected chi connectivity index (χ4v) is 3.16. The second-order valence-corrected chi connectivity index (χ2v) is 6.05.